The second-order valence-electron chi connectivity index (χ2n) is 14.5. The molecular weight excluding hydrogens is 631 g/mol. The Morgan fingerprint density at radius 1 is 0.529 bits per heavy atom. The van der Waals surface area contributed by atoms with Gasteiger partial charge in [0.05, 0.1) is 18.8 Å². The summed E-state index contributed by atoms with van der Waals surface area (Å²) >= 11 is 0. The number of hydrogen-bond donors (Lipinski definition) is 4. The number of carbonyl (C=O) groups is 1. The Kier molecular flexibility index (Phi) is 39.3. The molecule has 5 heteroatoms. The molecule has 0 aliphatic carbocycles. The van der Waals surface area contributed by atoms with E-state index in [1.807, 2.05) is 13.0 Å². The van der Waals surface area contributed by atoms with Gasteiger partial charge < -0.3 is 20.6 Å². The van der Waals surface area contributed by atoms with Gasteiger partial charge in [-0.15, -0.1) is 0 Å². The zero-order valence-electron chi connectivity index (χ0n) is 33.5. The van der Waals surface area contributed by atoms with Gasteiger partial charge in [0, 0.05) is 0 Å². The molecule has 0 rings (SSSR count). The maximum absolute atomic E-state index is 12.4. The first-order valence-corrected chi connectivity index (χ1v) is 21.6. The van der Waals surface area contributed by atoms with E-state index in [-0.39, 0.29) is 6.61 Å². The van der Waals surface area contributed by atoms with Crippen LogP contribution in [-0.2, 0) is 4.79 Å². The zero-order chi connectivity index (χ0) is 37.3. The van der Waals surface area contributed by atoms with E-state index >= 15 is 0 Å². The molecule has 0 aliphatic rings. The first kappa shape index (κ1) is 49.0. The molecule has 5 nitrogen and oxygen atoms in total. The minimum Gasteiger partial charge on any atom is -0.394 e. The van der Waals surface area contributed by atoms with E-state index < -0.39 is 24.2 Å². The predicted octanol–water partition coefficient (Wildman–Crippen LogP) is 12.3. The Hall–Kier alpha value is -1.95. The van der Waals surface area contributed by atoms with Gasteiger partial charge in [-0.05, 0) is 71.1 Å². The van der Waals surface area contributed by atoms with Crippen molar-refractivity contribution in [3.05, 3.63) is 60.8 Å². The molecule has 0 fully saturated rings. The summed E-state index contributed by atoms with van der Waals surface area (Å²) in [6, 6.07) is -0.821. The highest BCUT2D eigenvalue weighted by Gasteiger charge is 2.22. The Labute approximate surface area is 316 Å². The maximum Gasteiger partial charge on any atom is 0.249 e. The summed E-state index contributed by atoms with van der Waals surface area (Å²) in [5, 5.41) is 32.9. The lowest BCUT2D eigenvalue weighted by atomic mass is 10.0. The van der Waals surface area contributed by atoms with Gasteiger partial charge in [-0.2, -0.15) is 0 Å². The number of unbranched alkanes of at least 4 members (excludes halogenated alkanes) is 23. The van der Waals surface area contributed by atoms with Crippen molar-refractivity contribution in [1.29, 1.82) is 0 Å². The molecule has 4 N–H and O–H groups in total. The molecule has 296 valence electrons. The number of amides is 1. The Balaban J connectivity index is 3.59. The van der Waals surface area contributed by atoms with Crippen LogP contribution < -0.4 is 5.32 Å². The van der Waals surface area contributed by atoms with Crippen molar-refractivity contribution in [3.63, 3.8) is 0 Å². The molecule has 0 aromatic heterocycles. The van der Waals surface area contributed by atoms with Crippen LogP contribution in [0.25, 0.3) is 0 Å². The third-order valence-electron chi connectivity index (χ3n) is 9.65. The van der Waals surface area contributed by atoms with Crippen LogP contribution in [0.1, 0.15) is 200 Å². The van der Waals surface area contributed by atoms with Gasteiger partial charge in [0.25, 0.3) is 0 Å². The maximum atomic E-state index is 12.4. The highest BCUT2D eigenvalue weighted by Crippen LogP contribution is 2.14. The number of aliphatic hydroxyl groups excluding tert-OH is 3. The summed E-state index contributed by atoms with van der Waals surface area (Å²) in [6.07, 6.45) is 54.3. The number of aliphatic hydroxyl groups is 3. The summed E-state index contributed by atoms with van der Waals surface area (Å²) in [4.78, 5) is 12.4. The van der Waals surface area contributed by atoms with E-state index in [1.54, 1.807) is 6.08 Å². The van der Waals surface area contributed by atoms with Crippen LogP contribution >= 0.6 is 0 Å². The highest BCUT2D eigenvalue weighted by molar-refractivity contribution is 5.80. The molecule has 3 unspecified atom stereocenters. The fourth-order valence-corrected chi connectivity index (χ4v) is 6.25. The van der Waals surface area contributed by atoms with Gasteiger partial charge >= 0.3 is 0 Å². The summed E-state index contributed by atoms with van der Waals surface area (Å²) < 4.78 is 0. The largest absolute Gasteiger partial charge is 0.394 e. The Morgan fingerprint density at radius 3 is 1.41 bits per heavy atom. The Morgan fingerprint density at radius 2 is 0.941 bits per heavy atom. The van der Waals surface area contributed by atoms with E-state index in [2.05, 4.69) is 60.8 Å². The lowest BCUT2D eigenvalue weighted by molar-refractivity contribution is -0.131. The molecule has 1 amide bonds. The smallest absolute Gasteiger partial charge is 0.249 e. The zero-order valence-corrected chi connectivity index (χ0v) is 33.5. The molecular formula is C46H83NO4. The average Bonchev–Trinajstić information content (AvgIpc) is 3.13. The summed E-state index contributed by atoms with van der Waals surface area (Å²) in [6.45, 7) is 3.92. The second-order valence-corrected chi connectivity index (χ2v) is 14.5. The van der Waals surface area contributed by atoms with Crippen molar-refractivity contribution >= 4 is 5.91 Å². The van der Waals surface area contributed by atoms with Crippen LogP contribution in [0.15, 0.2) is 60.8 Å². The third kappa shape index (κ3) is 36.2. The molecule has 0 radical (unpaired) electrons. The fourth-order valence-electron chi connectivity index (χ4n) is 6.25. The van der Waals surface area contributed by atoms with Crippen LogP contribution in [0.4, 0.5) is 0 Å². The van der Waals surface area contributed by atoms with E-state index in [1.165, 1.54) is 128 Å². The molecule has 0 saturated carbocycles. The first-order chi connectivity index (χ1) is 25.1. The molecule has 0 aromatic rings. The molecule has 0 aliphatic heterocycles. The minimum absolute atomic E-state index is 0.385. The number of allylic oxidation sites excluding steroid dienone is 9. The topological polar surface area (TPSA) is 89.8 Å². The quantitative estimate of drug-likeness (QED) is 0.0379. The molecule has 0 bridgehead atoms. The van der Waals surface area contributed by atoms with Crippen molar-refractivity contribution in [2.75, 3.05) is 6.61 Å². The van der Waals surface area contributed by atoms with Crippen LogP contribution in [-0.4, -0.2) is 46.1 Å². The number of hydrogen-bond acceptors (Lipinski definition) is 4. The molecule has 0 saturated heterocycles. The third-order valence-corrected chi connectivity index (χ3v) is 9.65. The lowest BCUT2D eigenvalue weighted by Crippen LogP contribution is -2.48. The summed E-state index contributed by atoms with van der Waals surface area (Å²) in [5.41, 5.74) is 0. The molecule has 0 spiro atoms. The van der Waals surface area contributed by atoms with E-state index in [0.717, 1.165) is 51.4 Å². The molecule has 0 aromatic carbocycles. The standard InChI is InChI=1S/C46H83NO4/c1-3-5-7-9-11-13-14-15-16-17-18-19-20-21-22-23-24-25-26-27-28-29-30-31-33-35-37-39-41-45(50)46(51)47-43(42-48)44(49)40-38-36-34-32-12-10-8-6-4-2/h4,6,12,18-19,21-22,32,38,40,43-45,48-50H,3,5,7-11,13-17,20,23-31,33-37,39,41-42H2,1-2H3,(H,47,51)/b6-4+,19-18-,22-21-,32-12+,40-38+. The first-order valence-electron chi connectivity index (χ1n) is 21.6. The predicted molar refractivity (Wildman–Crippen MR) is 222 cm³/mol. The van der Waals surface area contributed by atoms with Crippen molar-refractivity contribution in [2.45, 2.75) is 218 Å². The lowest BCUT2D eigenvalue weighted by Gasteiger charge is -2.21. The van der Waals surface area contributed by atoms with Crippen LogP contribution in [0.3, 0.4) is 0 Å². The Bertz CT molecular complexity index is 876. The van der Waals surface area contributed by atoms with Gasteiger partial charge in [0.15, 0.2) is 0 Å². The number of carbonyl (C=O) groups excluding carboxylic acids is 1. The van der Waals surface area contributed by atoms with E-state index in [9.17, 15) is 20.1 Å². The van der Waals surface area contributed by atoms with Gasteiger partial charge in [-0.1, -0.05) is 190 Å². The van der Waals surface area contributed by atoms with Gasteiger partial charge in [-0.25, -0.2) is 0 Å². The van der Waals surface area contributed by atoms with Gasteiger partial charge in [-0.3, -0.25) is 4.79 Å². The van der Waals surface area contributed by atoms with Crippen LogP contribution in [0.2, 0.25) is 0 Å². The monoisotopic (exact) mass is 714 g/mol. The van der Waals surface area contributed by atoms with Crippen LogP contribution in [0, 0.1) is 0 Å². The fraction of sp³-hybridized carbons (Fsp3) is 0.761. The normalized spacial score (nSPS) is 14.2. The van der Waals surface area contributed by atoms with Gasteiger partial charge in [0.1, 0.15) is 6.10 Å². The van der Waals surface area contributed by atoms with Crippen molar-refractivity contribution in [2.24, 2.45) is 0 Å². The highest BCUT2D eigenvalue weighted by atomic mass is 16.3. The average molecular weight is 714 g/mol. The number of nitrogens with one attached hydrogen (secondary N) is 1. The summed E-state index contributed by atoms with van der Waals surface area (Å²) in [7, 11) is 0. The number of rotatable bonds is 38. The summed E-state index contributed by atoms with van der Waals surface area (Å²) in [5.74, 6) is -0.524. The van der Waals surface area contributed by atoms with E-state index in [0.29, 0.717) is 6.42 Å². The molecule has 0 heterocycles. The molecule has 3 atom stereocenters. The van der Waals surface area contributed by atoms with E-state index in [4.69, 9.17) is 0 Å². The SMILES string of the molecule is C/C=C/CC/C=C/CC/C=C/C(O)C(CO)NC(=O)C(O)CCCCCCCCCCCCCC/C=C\C/C=C\CCCCCCCCCCC. The van der Waals surface area contributed by atoms with Crippen LogP contribution in [0.5, 0.6) is 0 Å². The second kappa shape index (κ2) is 40.8. The van der Waals surface area contributed by atoms with Crippen molar-refractivity contribution in [1.82, 2.24) is 5.32 Å². The van der Waals surface area contributed by atoms with Gasteiger partial charge in [0.2, 0.25) is 5.91 Å². The minimum atomic E-state index is -1.11. The van der Waals surface area contributed by atoms with Crippen molar-refractivity contribution in [3.8, 4) is 0 Å². The molecule has 51 heavy (non-hydrogen) atoms. The van der Waals surface area contributed by atoms with Crippen molar-refractivity contribution < 1.29 is 20.1 Å².